The number of urea groups is 1. The van der Waals surface area contributed by atoms with Gasteiger partial charge in [-0.1, -0.05) is 49.6 Å². The van der Waals surface area contributed by atoms with Crippen LogP contribution in [0.3, 0.4) is 0 Å². The van der Waals surface area contributed by atoms with E-state index in [1.54, 1.807) is 7.11 Å². The van der Waals surface area contributed by atoms with Crippen LogP contribution in [0.25, 0.3) is 10.9 Å². The zero-order valence-electron chi connectivity index (χ0n) is 19.8. The molecule has 1 spiro atoms. The van der Waals surface area contributed by atoms with Crippen molar-refractivity contribution in [1.82, 2.24) is 20.5 Å². The Bertz CT molecular complexity index is 1240. The second kappa shape index (κ2) is 9.44. The molecule has 35 heavy (non-hydrogen) atoms. The lowest BCUT2D eigenvalue weighted by molar-refractivity contribution is -0.135. The fourth-order valence-corrected chi connectivity index (χ4v) is 5.36. The second-order valence-corrected chi connectivity index (χ2v) is 9.38. The van der Waals surface area contributed by atoms with Gasteiger partial charge in [0.05, 0.1) is 7.11 Å². The van der Waals surface area contributed by atoms with Crippen molar-refractivity contribution in [3.05, 3.63) is 65.9 Å². The number of para-hydroxylation sites is 1. The number of benzene rings is 2. The summed E-state index contributed by atoms with van der Waals surface area (Å²) in [5.74, 6) is -0.0140. The summed E-state index contributed by atoms with van der Waals surface area (Å²) in [6, 6.07) is 15.3. The fourth-order valence-electron chi connectivity index (χ4n) is 5.36. The van der Waals surface area contributed by atoms with Crippen LogP contribution in [-0.4, -0.2) is 53.5 Å². The Balaban J connectivity index is 1.33. The van der Waals surface area contributed by atoms with Crippen molar-refractivity contribution < 1.29 is 19.1 Å². The number of amides is 4. The molecule has 8 heteroatoms. The van der Waals surface area contributed by atoms with Gasteiger partial charge in [-0.2, -0.15) is 0 Å². The smallest absolute Gasteiger partial charge is 0.325 e. The predicted octanol–water partition coefficient (Wildman–Crippen LogP) is 3.68. The molecule has 3 N–H and O–H groups in total. The summed E-state index contributed by atoms with van der Waals surface area (Å²) in [5.41, 5.74) is 2.27. The van der Waals surface area contributed by atoms with Crippen LogP contribution >= 0.6 is 0 Å². The fraction of sp³-hybridized carbons (Fsp3) is 0.370. The average Bonchev–Trinajstić information content (AvgIpc) is 3.40. The summed E-state index contributed by atoms with van der Waals surface area (Å²) in [5, 5.41) is 6.90. The molecule has 1 aliphatic carbocycles. The first-order chi connectivity index (χ1) is 17.0. The minimum atomic E-state index is -0.828. The van der Waals surface area contributed by atoms with Gasteiger partial charge in [0.1, 0.15) is 17.8 Å². The van der Waals surface area contributed by atoms with Crippen LogP contribution in [0, 0.1) is 0 Å². The molecule has 1 saturated carbocycles. The van der Waals surface area contributed by atoms with E-state index in [1.165, 1.54) is 0 Å². The van der Waals surface area contributed by atoms with Gasteiger partial charge in [0.2, 0.25) is 5.91 Å². The third-order valence-corrected chi connectivity index (χ3v) is 7.27. The maximum Gasteiger partial charge on any atom is 0.325 e. The number of fused-ring (bicyclic) bond motifs is 1. The van der Waals surface area contributed by atoms with Crippen molar-refractivity contribution in [1.29, 1.82) is 0 Å². The highest BCUT2D eigenvalue weighted by molar-refractivity contribution is 6.09. The second-order valence-electron chi connectivity index (χ2n) is 9.38. The van der Waals surface area contributed by atoms with Crippen molar-refractivity contribution in [2.24, 2.45) is 0 Å². The van der Waals surface area contributed by atoms with Gasteiger partial charge in [0.15, 0.2) is 0 Å². The number of aromatic amines is 1. The summed E-state index contributed by atoms with van der Waals surface area (Å²) in [6.07, 6.45) is 6.11. The third kappa shape index (κ3) is 4.36. The van der Waals surface area contributed by atoms with Crippen molar-refractivity contribution in [2.45, 2.75) is 43.6 Å². The number of nitrogens with one attached hydrogen (secondary N) is 3. The summed E-state index contributed by atoms with van der Waals surface area (Å²) >= 11 is 0. The molecule has 2 aliphatic rings. The molecule has 1 saturated heterocycles. The number of carbonyl (C=O) groups excluding carboxylic acids is 3. The molecule has 0 radical (unpaired) electrons. The largest absolute Gasteiger partial charge is 0.497 e. The SMILES string of the molecule is COc1ccc(C(CNC(=O)CN2C(=O)NC3(CCCCC3)C2=O)c2c[nH]c3ccccc23)cc1. The van der Waals surface area contributed by atoms with Crippen molar-refractivity contribution in [3.63, 3.8) is 0 Å². The number of carbonyl (C=O) groups is 3. The molecule has 1 aromatic heterocycles. The van der Waals surface area contributed by atoms with E-state index >= 15 is 0 Å². The van der Waals surface area contributed by atoms with E-state index in [-0.39, 0.29) is 24.3 Å². The van der Waals surface area contributed by atoms with Crippen molar-refractivity contribution in [3.8, 4) is 5.75 Å². The summed E-state index contributed by atoms with van der Waals surface area (Å²) in [4.78, 5) is 42.9. The van der Waals surface area contributed by atoms with Crippen LogP contribution in [0.1, 0.15) is 49.1 Å². The Morgan fingerprint density at radius 3 is 2.57 bits per heavy atom. The molecular formula is C27H30N4O4. The van der Waals surface area contributed by atoms with Crippen LogP contribution in [0.4, 0.5) is 4.79 Å². The molecule has 8 nitrogen and oxygen atoms in total. The Morgan fingerprint density at radius 2 is 1.83 bits per heavy atom. The average molecular weight is 475 g/mol. The van der Waals surface area contributed by atoms with Gasteiger partial charge in [-0.3, -0.25) is 14.5 Å². The topological polar surface area (TPSA) is 104 Å². The summed E-state index contributed by atoms with van der Waals surface area (Å²) < 4.78 is 5.30. The van der Waals surface area contributed by atoms with Crippen LogP contribution < -0.4 is 15.4 Å². The van der Waals surface area contributed by atoms with Crippen LogP contribution in [-0.2, 0) is 9.59 Å². The molecule has 2 heterocycles. The van der Waals surface area contributed by atoms with Crippen LogP contribution in [0.15, 0.2) is 54.7 Å². The number of ether oxygens (including phenoxy) is 1. The molecule has 5 rings (SSSR count). The lowest BCUT2D eigenvalue weighted by Crippen LogP contribution is -2.49. The third-order valence-electron chi connectivity index (χ3n) is 7.27. The number of imide groups is 1. The highest BCUT2D eigenvalue weighted by atomic mass is 16.5. The normalized spacial score (nSPS) is 18.0. The number of hydrogen-bond donors (Lipinski definition) is 3. The summed E-state index contributed by atoms with van der Waals surface area (Å²) in [6.45, 7) is 0.0391. The van der Waals surface area contributed by atoms with Gasteiger partial charge in [-0.15, -0.1) is 0 Å². The van der Waals surface area contributed by atoms with E-state index in [2.05, 4.69) is 21.7 Å². The first-order valence-electron chi connectivity index (χ1n) is 12.1. The van der Waals surface area contributed by atoms with Gasteiger partial charge in [-0.25, -0.2) is 4.79 Å². The minimum absolute atomic E-state index is 0.131. The summed E-state index contributed by atoms with van der Waals surface area (Å²) in [7, 11) is 1.62. The van der Waals surface area contributed by atoms with Gasteiger partial charge in [0.25, 0.3) is 5.91 Å². The maximum atomic E-state index is 13.0. The molecule has 2 fully saturated rings. The first kappa shape index (κ1) is 23.0. The van der Waals surface area contributed by atoms with E-state index in [9.17, 15) is 14.4 Å². The van der Waals surface area contributed by atoms with Crippen LogP contribution in [0.5, 0.6) is 5.75 Å². The number of rotatable bonds is 7. The van der Waals surface area contributed by atoms with E-state index in [1.807, 2.05) is 48.7 Å². The Hall–Kier alpha value is -3.81. The number of hydrogen-bond acceptors (Lipinski definition) is 4. The van der Waals surface area contributed by atoms with E-state index in [0.29, 0.717) is 19.4 Å². The maximum absolute atomic E-state index is 13.0. The quantitative estimate of drug-likeness (QED) is 0.455. The zero-order chi connectivity index (χ0) is 24.4. The predicted molar refractivity (Wildman–Crippen MR) is 132 cm³/mol. The molecule has 2 aromatic carbocycles. The highest BCUT2D eigenvalue weighted by Gasteiger charge is 2.51. The molecule has 1 aliphatic heterocycles. The number of aromatic nitrogens is 1. The van der Waals surface area contributed by atoms with Crippen molar-refractivity contribution in [2.75, 3.05) is 20.2 Å². The number of methoxy groups -OCH3 is 1. The molecule has 3 aromatic rings. The monoisotopic (exact) mass is 474 g/mol. The standard InChI is InChI=1S/C27H30N4O4/c1-35-19-11-9-18(10-12-19)21(22-16-28-23-8-4-3-7-20(22)23)15-29-24(32)17-31-25(33)27(30-26(31)34)13-5-2-6-14-27/h3-4,7-12,16,21,28H,2,5-6,13-15,17H2,1H3,(H,29,32)(H,30,34). The van der Waals surface area contributed by atoms with E-state index in [0.717, 1.165) is 51.9 Å². The molecule has 182 valence electrons. The van der Waals surface area contributed by atoms with Gasteiger partial charge < -0.3 is 20.4 Å². The van der Waals surface area contributed by atoms with E-state index in [4.69, 9.17) is 4.74 Å². The molecule has 4 amide bonds. The minimum Gasteiger partial charge on any atom is -0.497 e. The zero-order valence-corrected chi connectivity index (χ0v) is 19.8. The Kier molecular flexibility index (Phi) is 6.19. The van der Waals surface area contributed by atoms with E-state index < -0.39 is 11.6 Å². The number of nitrogens with zero attached hydrogens (tertiary/aromatic N) is 1. The first-order valence-corrected chi connectivity index (χ1v) is 12.1. The molecule has 0 bridgehead atoms. The number of H-pyrrole nitrogens is 1. The lowest BCUT2D eigenvalue weighted by atomic mass is 9.82. The van der Waals surface area contributed by atoms with Gasteiger partial charge in [0, 0.05) is 29.6 Å². The van der Waals surface area contributed by atoms with Gasteiger partial charge >= 0.3 is 6.03 Å². The molecular weight excluding hydrogens is 444 g/mol. The van der Waals surface area contributed by atoms with Crippen LogP contribution in [0.2, 0.25) is 0 Å². The molecule has 1 atom stereocenters. The Labute approximate surface area is 204 Å². The molecule has 1 unspecified atom stereocenters. The Morgan fingerprint density at radius 1 is 1.09 bits per heavy atom. The lowest BCUT2D eigenvalue weighted by Gasteiger charge is -2.30. The highest BCUT2D eigenvalue weighted by Crippen LogP contribution is 2.34. The van der Waals surface area contributed by atoms with Gasteiger partial charge in [-0.05, 0) is 42.2 Å². The van der Waals surface area contributed by atoms with Crippen molar-refractivity contribution >= 4 is 28.7 Å².